The van der Waals surface area contributed by atoms with Crippen molar-refractivity contribution in [1.82, 2.24) is 4.57 Å². The van der Waals surface area contributed by atoms with E-state index < -0.39 is 5.97 Å². The van der Waals surface area contributed by atoms with Crippen LogP contribution in [0, 0.1) is 3.57 Å². The third-order valence-electron chi connectivity index (χ3n) is 6.99. The third-order valence-corrected chi connectivity index (χ3v) is 8.08. The van der Waals surface area contributed by atoms with Crippen LogP contribution >= 0.6 is 22.6 Å². The number of aryl methyl sites for hydroxylation is 1. The number of phenols is 1. The molecule has 0 aliphatic heterocycles. The Morgan fingerprint density at radius 2 is 1.77 bits per heavy atom. The molecule has 0 radical (unpaired) electrons. The maximum atomic E-state index is 12.7. The monoisotopic (exact) mass is 646 g/mol. The third kappa shape index (κ3) is 5.72. The molecule has 0 spiro atoms. The molecule has 1 heterocycles. The van der Waals surface area contributed by atoms with E-state index in [2.05, 4.69) is 46.1 Å². The second kappa shape index (κ2) is 11.5. The van der Waals surface area contributed by atoms with Crippen LogP contribution in [0.3, 0.4) is 0 Å². The fourth-order valence-corrected chi connectivity index (χ4v) is 6.06. The minimum absolute atomic E-state index is 0.0367. The first kappa shape index (κ1) is 27.4. The number of ketones is 1. The number of carbonyl (C=O) groups excluding carboxylic acids is 2. The summed E-state index contributed by atoms with van der Waals surface area (Å²) in [5.74, 6) is -1.72. The first-order chi connectivity index (χ1) is 19.2. The van der Waals surface area contributed by atoms with Gasteiger partial charge in [-0.25, -0.2) is 4.79 Å². The summed E-state index contributed by atoms with van der Waals surface area (Å²) in [5.41, 5.74) is 6.08. The Morgan fingerprint density at radius 3 is 2.48 bits per heavy atom. The number of halogens is 1. The number of hydrogen-bond acceptors (Lipinski definition) is 4. The minimum Gasteiger partial charge on any atom is -0.507 e. The van der Waals surface area contributed by atoms with E-state index in [9.17, 15) is 24.6 Å². The average molecular weight is 646 g/mol. The number of Topliss-reactive ketones (excluding diaryl/α,β-unsaturated/α-hetero) is 1. The van der Waals surface area contributed by atoms with Gasteiger partial charge in [0.1, 0.15) is 17.1 Å². The van der Waals surface area contributed by atoms with Crippen molar-refractivity contribution in [2.75, 3.05) is 5.32 Å². The predicted molar refractivity (Wildman–Crippen MR) is 164 cm³/mol. The highest BCUT2D eigenvalue weighted by atomic mass is 127. The van der Waals surface area contributed by atoms with E-state index in [1.54, 1.807) is 0 Å². The lowest BCUT2D eigenvalue weighted by Gasteiger charge is -2.09. The predicted octanol–water partition coefficient (Wildman–Crippen LogP) is 6.73. The van der Waals surface area contributed by atoms with Crippen molar-refractivity contribution in [2.45, 2.75) is 25.7 Å². The fourth-order valence-electron chi connectivity index (χ4n) is 4.96. The number of hydrogen-bond donors (Lipinski definition) is 3. The van der Waals surface area contributed by atoms with Gasteiger partial charge in [-0.2, -0.15) is 0 Å². The molecule has 1 aliphatic rings. The van der Waals surface area contributed by atoms with Crippen LogP contribution in [-0.4, -0.2) is 32.4 Å². The molecule has 1 aliphatic carbocycles. The van der Waals surface area contributed by atoms with E-state index in [1.807, 2.05) is 60.1 Å². The second-order valence-electron chi connectivity index (χ2n) is 9.75. The number of aromatic hydroxyl groups is 1. The van der Waals surface area contributed by atoms with Crippen LogP contribution in [0.2, 0.25) is 0 Å². The van der Waals surface area contributed by atoms with Crippen LogP contribution in [0.25, 0.3) is 27.7 Å². The van der Waals surface area contributed by atoms with E-state index >= 15 is 0 Å². The van der Waals surface area contributed by atoms with Gasteiger partial charge in [0.05, 0.1) is 11.2 Å². The Bertz CT molecular complexity index is 1710. The van der Waals surface area contributed by atoms with Crippen molar-refractivity contribution in [3.8, 4) is 17.0 Å². The molecule has 1 amide bonds. The SMILES string of the molecule is Cn1c(-c2cccc(CC(=O)CCC(=O)Nc3ccc(C4=CCC=C4)cc3)c2)c(I)c2cc(C(=O)O)c(O)cc21. The molecule has 3 aromatic carbocycles. The Balaban J connectivity index is 1.23. The zero-order valence-electron chi connectivity index (χ0n) is 21.8. The highest BCUT2D eigenvalue weighted by molar-refractivity contribution is 14.1. The van der Waals surface area contributed by atoms with Crippen LogP contribution in [0.5, 0.6) is 5.75 Å². The molecule has 0 unspecified atom stereocenters. The molecule has 7 nitrogen and oxygen atoms in total. The van der Waals surface area contributed by atoms with Gasteiger partial charge in [0, 0.05) is 47.0 Å². The molecule has 1 aromatic heterocycles. The molecule has 0 fully saturated rings. The molecule has 4 aromatic rings. The number of carboxylic acid groups (broad SMARTS) is 1. The Hall–Kier alpha value is -4.18. The van der Waals surface area contributed by atoms with Gasteiger partial charge in [-0.1, -0.05) is 48.6 Å². The molecular weight excluding hydrogens is 619 g/mol. The van der Waals surface area contributed by atoms with Gasteiger partial charge in [0.25, 0.3) is 0 Å². The lowest BCUT2D eigenvalue weighted by molar-refractivity contribution is -0.122. The Labute approximate surface area is 245 Å². The molecular formula is C32H27IN2O5. The number of fused-ring (bicyclic) bond motifs is 1. The summed E-state index contributed by atoms with van der Waals surface area (Å²) in [6.45, 7) is 0. The molecule has 5 rings (SSSR count). The van der Waals surface area contributed by atoms with Gasteiger partial charge in [-0.15, -0.1) is 0 Å². The topological polar surface area (TPSA) is 109 Å². The summed E-state index contributed by atoms with van der Waals surface area (Å²) in [6.07, 6.45) is 7.71. The first-order valence-electron chi connectivity index (χ1n) is 12.8. The summed E-state index contributed by atoms with van der Waals surface area (Å²) in [4.78, 5) is 36.7. The number of aromatic carboxylic acids is 1. The molecule has 0 bridgehead atoms. The number of nitrogens with one attached hydrogen (secondary N) is 1. The second-order valence-corrected chi connectivity index (χ2v) is 10.8. The number of rotatable bonds is 9. The smallest absolute Gasteiger partial charge is 0.339 e. The summed E-state index contributed by atoms with van der Waals surface area (Å²) in [7, 11) is 1.85. The average Bonchev–Trinajstić information content (AvgIpc) is 3.54. The quantitative estimate of drug-likeness (QED) is 0.175. The van der Waals surface area contributed by atoms with E-state index in [1.165, 1.54) is 17.7 Å². The maximum Gasteiger partial charge on any atom is 0.339 e. The fraction of sp³-hybridized carbons (Fsp3) is 0.156. The summed E-state index contributed by atoms with van der Waals surface area (Å²) in [5, 5.41) is 23.2. The van der Waals surface area contributed by atoms with Crippen LogP contribution < -0.4 is 5.32 Å². The number of aromatic nitrogens is 1. The number of benzene rings is 3. The van der Waals surface area contributed by atoms with Gasteiger partial charge in [0.2, 0.25) is 5.91 Å². The lowest BCUT2D eigenvalue weighted by Crippen LogP contribution is -2.14. The molecule has 8 heteroatoms. The van der Waals surface area contributed by atoms with E-state index in [0.717, 1.165) is 37.8 Å². The van der Waals surface area contributed by atoms with Crippen molar-refractivity contribution < 1.29 is 24.6 Å². The summed E-state index contributed by atoms with van der Waals surface area (Å²) < 4.78 is 2.75. The standard InChI is InChI=1S/C32H27IN2O5/c1-35-27-18-28(37)26(32(39)40)17-25(27)30(33)31(35)22-8-4-5-19(15-22)16-24(36)13-14-29(38)34-23-11-9-21(10-12-23)20-6-2-3-7-20/h2,4-12,15,17-18,37H,3,13-14,16H2,1H3,(H,34,38)(H,39,40). The number of nitrogens with zero attached hydrogens (tertiary/aromatic N) is 1. The van der Waals surface area contributed by atoms with Crippen LogP contribution in [-0.2, 0) is 23.1 Å². The van der Waals surface area contributed by atoms with Gasteiger partial charge < -0.3 is 20.1 Å². The number of carboxylic acids is 1. The van der Waals surface area contributed by atoms with Crippen molar-refractivity contribution >= 4 is 62.4 Å². The molecule has 40 heavy (non-hydrogen) atoms. The molecule has 0 atom stereocenters. The normalized spacial score (nSPS) is 12.5. The van der Waals surface area contributed by atoms with Gasteiger partial charge in [0.15, 0.2) is 0 Å². The van der Waals surface area contributed by atoms with Crippen LogP contribution in [0.15, 0.2) is 78.9 Å². The zero-order valence-corrected chi connectivity index (χ0v) is 23.9. The lowest BCUT2D eigenvalue weighted by atomic mass is 10.0. The van der Waals surface area contributed by atoms with Crippen molar-refractivity contribution in [3.05, 3.63) is 99.2 Å². The van der Waals surface area contributed by atoms with Crippen LogP contribution in [0.4, 0.5) is 5.69 Å². The largest absolute Gasteiger partial charge is 0.507 e. The molecule has 0 saturated carbocycles. The summed E-state index contributed by atoms with van der Waals surface area (Å²) in [6, 6.07) is 18.2. The van der Waals surface area contributed by atoms with Gasteiger partial charge >= 0.3 is 5.97 Å². The number of anilines is 1. The Kier molecular flexibility index (Phi) is 7.88. The van der Waals surface area contributed by atoms with Crippen LogP contribution in [0.1, 0.15) is 40.7 Å². The van der Waals surface area contributed by atoms with E-state index in [-0.39, 0.29) is 42.3 Å². The minimum atomic E-state index is -1.19. The zero-order chi connectivity index (χ0) is 28.4. The highest BCUT2D eigenvalue weighted by Crippen LogP contribution is 2.37. The van der Waals surface area contributed by atoms with Crippen molar-refractivity contribution in [1.29, 1.82) is 0 Å². The van der Waals surface area contributed by atoms with Crippen molar-refractivity contribution in [3.63, 3.8) is 0 Å². The molecule has 3 N–H and O–H groups in total. The summed E-state index contributed by atoms with van der Waals surface area (Å²) >= 11 is 2.18. The van der Waals surface area contributed by atoms with Gasteiger partial charge in [-0.3, -0.25) is 9.59 Å². The first-order valence-corrected chi connectivity index (χ1v) is 13.9. The molecule has 0 saturated heterocycles. The van der Waals surface area contributed by atoms with Crippen molar-refractivity contribution in [2.24, 2.45) is 7.05 Å². The van der Waals surface area contributed by atoms with Gasteiger partial charge in [-0.05, 0) is 75.5 Å². The Morgan fingerprint density at radius 1 is 1.00 bits per heavy atom. The number of allylic oxidation sites excluding steroid dienone is 4. The maximum absolute atomic E-state index is 12.7. The molecule has 202 valence electrons. The number of amides is 1. The van der Waals surface area contributed by atoms with E-state index in [0.29, 0.717) is 11.2 Å². The van der Waals surface area contributed by atoms with E-state index in [4.69, 9.17) is 0 Å². The highest BCUT2D eigenvalue weighted by Gasteiger charge is 2.20. The number of carbonyl (C=O) groups is 3.